The zero-order valence-corrected chi connectivity index (χ0v) is 19.0. The molecule has 9 nitrogen and oxygen atoms in total. The van der Waals surface area contributed by atoms with Crippen LogP contribution in [0.4, 0.5) is 10.1 Å². The SMILES string of the molecule is O=C(Nc1ccc(F)cc1)c1nnc(CN2CCN(C(=O)C3COc4ccccc4O3)CC2)s1. The van der Waals surface area contributed by atoms with Gasteiger partial charge in [0.25, 0.3) is 11.8 Å². The third-order valence-electron chi connectivity index (χ3n) is 5.59. The average molecular weight is 484 g/mol. The molecule has 2 amide bonds. The van der Waals surface area contributed by atoms with Gasteiger partial charge in [0.2, 0.25) is 11.1 Å². The van der Waals surface area contributed by atoms with Gasteiger partial charge in [-0.3, -0.25) is 14.5 Å². The van der Waals surface area contributed by atoms with Crippen LogP contribution >= 0.6 is 11.3 Å². The molecule has 0 bridgehead atoms. The molecule has 1 saturated heterocycles. The first-order chi connectivity index (χ1) is 16.5. The number of hydrogen-bond acceptors (Lipinski definition) is 8. The number of aromatic nitrogens is 2. The van der Waals surface area contributed by atoms with Gasteiger partial charge in [-0.25, -0.2) is 4.39 Å². The Hall–Kier alpha value is -3.57. The van der Waals surface area contributed by atoms with Gasteiger partial charge in [0, 0.05) is 31.9 Å². The van der Waals surface area contributed by atoms with Crippen LogP contribution in [0.5, 0.6) is 11.5 Å². The van der Waals surface area contributed by atoms with Crippen LogP contribution in [0.2, 0.25) is 0 Å². The molecule has 2 aliphatic rings. The van der Waals surface area contributed by atoms with Crippen molar-refractivity contribution in [3.05, 3.63) is 64.4 Å². The lowest BCUT2D eigenvalue weighted by Crippen LogP contribution is -2.53. The van der Waals surface area contributed by atoms with E-state index in [1.54, 1.807) is 11.0 Å². The van der Waals surface area contributed by atoms with Crippen LogP contribution in [-0.4, -0.2) is 70.7 Å². The highest BCUT2D eigenvalue weighted by Gasteiger charge is 2.32. The number of ether oxygens (including phenoxy) is 2. The number of hydrogen-bond donors (Lipinski definition) is 1. The Balaban J connectivity index is 1.11. The summed E-state index contributed by atoms with van der Waals surface area (Å²) in [6.07, 6.45) is -0.646. The summed E-state index contributed by atoms with van der Waals surface area (Å²) >= 11 is 1.21. The summed E-state index contributed by atoms with van der Waals surface area (Å²) in [5.74, 6) is 0.398. The molecule has 0 aliphatic carbocycles. The standard InChI is InChI=1S/C23H22FN5O4S/c24-15-5-7-16(8-6-15)25-21(30)22-27-26-20(34-22)13-28-9-11-29(12-10-28)23(31)19-14-32-17-3-1-2-4-18(17)33-19/h1-8,19H,9-14H2,(H,25,30). The highest BCUT2D eigenvalue weighted by molar-refractivity contribution is 7.13. The number of carbonyl (C=O) groups excluding carboxylic acids is 2. The van der Waals surface area contributed by atoms with Crippen molar-refractivity contribution in [1.82, 2.24) is 20.0 Å². The Bertz CT molecular complexity index is 1180. The third kappa shape index (κ3) is 5.00. The van der Waals surface area contributed by atoms with E-state index in [9.17, 15) is 14.0 Å². The van der Waals surface area contributed by atoms with Crippen molar-refractivity contribution in [3.8, 4) is 11.5 Å². The molecule has 3 aromatic rings. The summed E-state index contributed by atoms with van der Waals surface area (Å²) in [7, 11) is 0. The number of para-hydroxylation sites is 2. The van der Waals surface area contributed by atoms with Crippen LogP contribution in [0, 0.1) is 5.82 Å². The molecule has 2 aromatic carbocycles. The van der Waals surface area contributed by atoms with E-state index in [-0.39, 0.29) is 29.2 Å². The maximum atomic E-state index is 13.0. The molecular weight excluding hydrogens is 461 g/mol. The molecule has 1 atom stereocenters. The van der Waals surface area contributed by atoms with E-state index in [2.05, 4.69) is 20.4 Å². The second kappa shape index (κ2) is 9.74. The van der Waals surface area contributed by atoms with Gasteiger partial charge in [-0.1, -0.05) is 23.5 Å². The van der Waals surface area contributed by atoms with Gasteiger partial charge in [0.15, 0.2) is 11.5 Å². The molecule has 0 spiro atoms. The number of halogens is 1. The van der Waals surface area contributed by atoms with Gasteiger partial charge in [0.1, 0.15) is 17.4 Å². The largest absolute Gasteiger partial charge is 0.485 e. The van der Waals surface area contributed by atoms with E-state index in [1.165, 1.54) is 35.6 Å². The number of anilines is 1. The van der Waals surface area contributed by atoms with E-state index in [0.29, 0.717) is 54.9 Å². The molecule has 0 saturated carbocycles. The summed E-state index contributed by atoms with van der Waals surface area (Å²) in [5.41, 5.74) is 0.486. The van der Waals surface area contributed by atoms with Crippen molar-refractivity contribution < 1.29 is 23.5 Å². The van der Waals surface area contributed by atoms with E-state index in [4.69, 9.17) is 9.47 Å². The second-order valence-corrected chi connectivity index (χ2v) is 8.99. The van der Waals surface area contributed by atoms with Gasteiger partial charge in [-0.15, -0.1) is 10.2 Å². The van der Waals surface area contributed by atoms with Gasteiger partial charge in [-0.05, 0) is 36.4 Å². The molecule has 2 aliphatic heterocycles. The highest BCUT2D eigenvalue weighted by atomic mass is 32.1. The van der Waals surface area contributed by atoms with Crippen LogP contribution in [0.3, 0.4) is 0 Å². The molecule has 3 heterocycles. The van der Waals surface area contributed by atoms with E-state index in [0.717, 1.165) is 0 Å². The van der Waals surface area contributed by atoms with Gasteiger partial charge in [-0.2, -0.15) is 0 Å². The molecule has 176 valence electrons. The van der Waals surface area contributed by atoms with Crippen LogP contribution in [0.1, 0.15) is 14.8 Å². The number of carbonyl (C=O) groups is 2. The van der Waals surface area contributed by atoms with Crippen molar-refractivity contribution >= 4 is 28.8 Å². The van der Waals surface area contributed by atoms with E-state index < -0.39 is 6.10 Å². The molecule has 1 aromatic heterocycles. The quantitative estimate of drug-likeness (QED) is 0.595. The Morgan fingerprint density at radius 1 is 1.03 bits per heavy atom. The first-order valence-corrected chi connectivity index (χ1v) is 11.7. The smallest absolute Gasteiger partial charge is 0.286 e. The summed E-state index contributed by atoms with van der Waals surface area (Å²) in [4.78, 5) is 29.2. The maximum Gasteiger partial charge on any atom is 0.286 e. The summed E-state index contributed by atoms with van der Waals surface area (Å²) in [6.45, 7) is 3.22. The van der Waals surface area contributed by atoms with Crippen LogP contribution in [0.25, 0.3) is 0 Å². The van der Waals surface area contributed by atoms with E-state index in [1.807, 2.05) is 18.2 Å². The third-order valence-corrected chi connectivity index (χ3v) is 6.50. The maximum absolute atomic E-state index is 13.0. The number of rotatable bonds is 5. The van der Waals surface area contributed by atoms with Crippen molar-refractivity contribution in [2.24, 2.45) is 0 Å². The molecule has 34 heavy (non-hydrogen) atoms. The lowest BCUT2D eigenvalue weighted by atomic mass is 10.2. The number of amides is 2. The zero-order valence-electron chi connectivity index (χ0n) is 18.1. The Morgan fingerprint density at radius 2 is 1.76 bits per heavy atom. The molecule has 11 heteroatoms. The molecule has 1 fully saturated rings. The second-order valence-electron chi connectivity index (χ2n) is 7.93. The summed E-state index contributed by atoms with van der Waals surface area (Å²) < 4.78 is 24.5. The summed E-state index contributed by atoms with van der Waals surface area (Å²) in [5, 5.41) is 11.7. The Morgan fingerprint density at radius 3 is 2.53 bits per heavy atom. The minimum Gasteiger partial charge on any atom is -0.485 e. The topological polar surface area (TPSA) is 96.9 Å². The average Bonchev–Trinajstić information content (AvgIpc) is 3.34. The number of fused-ring (bicyclic) bond motifs is 1. The monoisotopic (exact) mass is 483 g/mol. The van der Waals surface area contributed by atoms with Crippen molar-refractivity contribution in [3.63, 3.8) is 0 Å². The fourth-order valence-electron chi connectivity index (χ4n) is 3.79. The Labute approximate surface area is 199 Å². The lowest BCUT2D eigenvalue weighted by molar-refractivity contribution is -0.143. The lowest BCUT2D eigenvalue weighted by Gasteiger charge is -2.36. The molecule has 1 unspecified atom stereocenters. The predicted molar refractivity (Wildman–Crippen MR) is 122 cm³/mol. The minimum absolute atomic E-state index is 0.0789. The fraction of sp³-hybridized carbons (Fsp3) is 0.304. The normalized spacial score (nSPS) is 17.9. The molecule has 5 rings (SSSR count). The highest BCUT2D eigenvalue weighted by Crippen LogP contribution is 2.31. The molecule has 1 N–H and O–H groups in total. The van der Waals surface area contributed by atoms with Gasteiger partial charge in [0.05, 0.1) is 6.54 Å². The van der Waals surface area contributed by atoms with Gasteiger partial charge < -0.3 is 19.7 Å². The number of nitrogens with one attached hydrogen (secondary N) is 1. The van der Waals surface area contributed by atoms with Crippen molar-refractivity contribution in [1.29, 1.82) is 0 Å². The fourth-order valence-corrected chi connectivity index (χ4v) is 4.57. The van der Waals surface area contributed by atoms with E-state index >= 15 is 0 Å². The zero-order chi connectivity index (χ0) is 23.5. The number of nitrogens with zero attached hydrogens (tertiary/aromatic N) is 4. The Kier molecular flexibility index (Phi) is 6.37. The minimum atomic E-state index is -0.646. The van der Waals surface area contributed by atoms with Crippen LogP contribution < -0.4 is 14.8 Å². The predicted octanol–water partition coefficient (Wildman–Crippen LogP) is 2.41. The molecule has 0 radical (unpaired) electrons. The van der Waals surface area contributed by atoms with Crippen LogP contribution in [-0.2, 0) is 11.3 Å². The van der Waals surface area contributed by atoms with Crippen molar-refractivity contribution in [2.75, 3.05) is 38.1 Å². The van der Waals surface area contributed by atoms with Crippen molar-refractivity contribution in [2.45, 2.75) is 12.6 Å². The first-order valence-electron chi connectivity index (χ1n) is 10.8. The molecular formula is C23H22FN5O4S. The van der Waals surface area contributed by atoms with Crippen LogP contribution in [0.15, 0.2) is 48.5 Å². The number of benzene rings is 2. The summed E-state index contributed by atoms with van der Waals surface area (Å²) in [6, 6.07) is 12.8. The number of piperazine rings is 1. The van der Waals surface area contributed by atoms with Gasteiger partial charge >= 0.3 is 0 Å². The first kappa shape index (κ1) is 22.2.